The molecule has 0 atom stereocenters. The molecular weight excluding hydrogens is 148 g/mol. The Kier molecular flexibility index (Phi) is 3.22. The Morgan fingerprint density at radius 3 is 2.75 bits per heavy atom. The molecule has 1 aromatic rings. The first-order valence-corrected chi connectivity index (χ1v) is 4.00. The molecular formula is C11H12O. The van der Waals surface area contributed by atoms with E-state index in [1.54, 1.807) is 7.11 Å². The molecule has 1 heteroatoms. The van der Waals surface area contributed by atoms with Crippen molar-refractivity contribution in [1.82, 2.24) is 0 Å². The molecule has 1 nitrogen and oxygen atoms in total. The van der Waals surface area contributed by atoms with Crippen LogP contribution in [-0.2, 0) is 0 Å². The Morgan fingerprint density at radius 2 is 2.08 bits per heavy atom. The van der Waals surface area contributed by atoms with Gasteiger partial charge in [0.25, 0.3) is 0 Å². The van der Waals surface area contributed by atoms with Crippen molar-refractivity contribution in [3.05, 3.63) is 29.8 Å². The third-order valence-electron chi connectivity index (χ3n) is 1.51. The highest BCUT2D eigenvalue weighted by Crippen LogP contribution is 2.15. The molecule has 0 heterocycles. The van der Waals surface area contributed by atoms with E-state index in [2.05, 4.69) is 11.8 Å². The minimum atomic E-state index is 0.846. The van der Waals surface area contributed by atoms with Gasteiger partial charge in [0.1, 0.15) is 5.75 Å². The molecule has 12 heavy (non-hydrogen) atoms. The Bertz CT molecular complexity index is 304. The van der Waals surface area contributed by atoms with Crippen molar-refractivity contribution >= 4 is 0 Å². The summed E-state index contributed by atoms with van der Waals surface area (Å²) >= 11 is 0. The fraction of sp³-hybridized carbons (Fsp3) is 0.273. The summed E-state index contributed by atoms with van der Waals surface area (Å²) in [5.74, 6) is 6.89. The predicted molar refractivity (Wildman–Crippen MR) is 50.2 cm³/mol. The molecule has 0 saturated heterocycles. The lowest BCUT2D eigenvalue weighted by atomic mass is 10.2. The van der Waals surface area contributed by atoms with Crippen LogP contribution in [-0.4, -0.2) is 7.11 Å². The Labute approximate surface area is 73.4 Å². The minimum Gasteiger partial charge on any atom is -0.495 e. The van der Waals surface area contributed by atoms with Crippen LogP contribution >= 0.6 is 0 Å². The van der Waals surface area contributed by atoms with Crippen molar-refractivity contribution in [3.8, 4) is 17.6 Å². The van der Waals surface area contributed by atoms with Crippen LogP contribution < -0.4 is 4.74 Å². The summed E-state index contributed by atoms with van der Waals surface area (Å²) < 4.78 is 5.14. The largest absolute Gasteiger partial charge is 0.495 e. The zero-order valence-corrected chi connectivity index (χ0v) is 7.42. The molecule has 0 aliphatic carbocycles. The molecule has 62 valence electrons. The van der Waals surface area contributed by atoms with Crippen LogP contribution in [0, 0.1) is 11.8 Å². The van der Waals surface area contributed by atoms with Gasteiger partial charge in [0.15, 0.2) is 0 Å². The second-order valence-electron chi connectivity index (χ2n) is 2.36. The van der Waals surface area contributed by atoms with Crippen LogP contribution in [0.3, 0.4) is 0 Å². The van der Waals surface area contributed by atoms with Gasteiger partial charge in [-0.3, -0.25) is 0 Å². The van der Waals surface area contributed by atoms with Crippen molar-refractivity contribution in [2.75, 3.05) is 7.11 Å². The normalized spacial score (nSPS) is 8.50. The van der Waals surface area contributed by atoms with Gasteiger partial charge in [-0.25, -0.2) is 0 Å². The standard InChI is InChI=1S/C11H12O/c1-3-4-7-10-8-5-6-9-11(10)12-2/h5-6,8-9H,3H2,1-2H3. The maximum absolute atomic E-state index is 5.14. The molecule has 0 saturated carbocycles. The lowest BCUT2D eigenvalue weighted by Crippen LogP contribution is -1.85. The van der Waals surface area contributed by atoms with Crippen LogP contribution in [0.1, 0.15) is 18.9 Å². The van der Waals surface area contributed by atoms with E-state index in [1.807, 2.05) is 31.2 Å². The van der Waals surface area contributed by atoms with E-state index in [-0.39, 0.29) is 0 Å². The highest BCUT2D eigenvalue weighted by molar-refractivity contribution is 5.45. The highest BCUT2D eigenvalue weighted by Gasteiger charge is 1.95. The quantitative estimate of drug-likeness (QED) is 0.573. The summed E-state index contributed by atoms with van der Waals surface area (Å²) in [6.45, 7) is 2.03. The highest BCUT2D eigenvalue weighted by atomic mass is 16.5. The minimum absolute atomic E-state index is 0.846. The van der Waals surface area contributed by atoms with Gasteiger partial charge in [-0.15, -0.1) is 0 Å². The van der Waals surface area contributed by atoms with E-state index < -0.39 is 0 Å². The van der Waals surface area contributed by atoms with E-state index in [0.717, 1.165) is 17.7 Å². The Balaban J connectivity index is 2.97. The van der Waals surface area contributed by atoms with Gasteiger partial charge in [-0.05, 0) is 12.1 Å². The molecule has 0 spiro atoms. The molecule has 0 aromatic heterocycles. The zero-order valence-electron chi connectivity index (χ0n) is 7.42. The summed E-state index contributed by atoms with van der Waals surface area (Å²) in [5, 5.41) is 0. The number of benzene rings is 1. The van der Waals surface area contributed by atoms with E-state index in [1.165, 1.54) is 0 Å². The van der Waals surface area contributed by atoms with Gasteiger partial charge >= 0.3 is 0 Å². The van der Waals surface area contributed by atoms with Gasteiger partial charge in [-0.1, -0.05) is 30.9 Å². The topological polar surface area (TPSA) is 9.23 Å². The first-order chi connectivity index (χ1) is 5.88. The number of ether oxygens (including phenoxy) is 1. The molecule has 0 aliphatic rings. The third kappa shape index (κ3) is 2.03. The van der Waals surface area contributed by atoms with Crippen LogP contribution in [0.5, 0.6) is 5.75 Å². The first kappa shape index (κ1) is 8.67. The van der Waals surface area contributed by atoms with E-state index >= 15 is 0 Å². The first-order valence-electron chi connectivity index (χ1n) is 4.00. The molecule has 1 aromatic carbocycles. The van der Waals surface area contributed by atoms with Crippen molar-refractivity contribution in [2.24, 2.45) is 0 Å². The molecule has 0 N–H and O–H groups in total. The second-order valence-corrected chi connectivity index (χ2v) is 2.36. The molecule has 0 aliphatic heterocycles. The third-order valence-corrected chi connectivity index (χ3v) is 1.51. The molecule has 0 unspecified atom stereocenters. The van der Waals surface area contributed by atoms with Gasteiger partial charge in [0, 0.05) is 6.42 Å². The van der Waals surface area contributed by atoms with Gasteiger partial charge < -0.3 is 4.74 Å². The molecule has 0 fully saturated rings. The maximum Gasteiger partial charge on any atom is 0.134 e. The molecule has 0 radical (unpaired) electrons. The van der Waals surface area contributed by atoms with Crippen molar-refractivity contribution in [2.45, 2.75) is 13.3 Å². The maximum atomic E-state index is 5.14. The average molecular weight is 160 g/mol. The van der Waals surface area contributed by atoms with Crippen LogP contribution in [0.25, 0.3) is 0 Å². The summed E-state index contributed by atoms with van der Waals surface area (Å²) in [4.78, 5) is 0. The Morgan fingerprint density at radius 1 is 1.33 bits per heavy atom. The van der Waals surface area contributed by atoms with E-state index in [4.69, 9.17) is 4.74 Å². The predicted octanol–water partition coefficient (Wildman–Crippen LogP) is 2.46. The Hall–Kier alpha value is -1.42. The monoisotopic (exact) mass is 160 g/mol. The number of para-hydroxylation sites is 1. The van der Waals surface area contributed by atoms with E-state index in [9.17, 15) is 0 Å². The lowest BCUT2D eigenvalue weighted by molar-refractivity contribution is 0.413. The van der Waals surface area contributed by atoms with Crippen LogP contribution in [0.2, 0.25) is 0 Å². The summed E-state index contributed by atoms with van der Waals surface area (Å²) in [7, 11) is 1.66. The number of methoxy groups -OCH3 is 1. The van der Waals surface area contributed by atoms with Crippen LogP contribution in [0.15, 0.2) is 24.3 Å². The number of rotatable bonds is 1. The van der Waals surface area contributed by atoms with Gasteiger partial charge in [-0.2, -0.15) is 0 Å². The van der Waals surface area contributed by atoms with E-state index in [0.29, 0.717) is 0 Å². The second kappa shape index (κ2) is 4.46. The molecule has 0 amide bonds. The van der Waals surface area contributed by atoms with Crippen molar-refractivity contribution in [1.29, 1.82) is 0 Å². The van der Waals surface area contributed by atoms with Gasteiger partial charge in [0.05, 0.1) is 12.7 Å². The van der Waals surface area contributed by atoms with Crippen LogP contribution in [0.4, 0.5) is 0 Å². The fourth-order valence-electron chi connectivity index (χ4n) is 0.932. The molecule has 1 rings (SSSR count). The van der Waals surface area contributed by atoms with Crippen molar-refractivity contribution in [3.63, 3.8) is 0 Å². The lowest BCUT2D eigenvalue weighted by Gasteiger charge is -2.00. The smallest absolute Gasteiger partial charge is 0.134 e. The number of hydrogen-bond donors (Lipinski definition) is 0. The average Bonchev–Trinajstić information content (AvgIpc) is 2.15. The zero-order chi connectivity index (χ0) is 8.81. The number of hydrogen-bond acceptors (Lipinski definition) is 1. The summed E-state index contributed by atoms with van der Waals surface area (Å²) in [5.41, 5.74) is 0.960. The van der Waals surface area contributed by atoms with Gasteiger partial charge in [0.2, 0.25) is 0 Å². The summed E-state index contributed by atoms with van der Waals surface area (Å²) in [6.07, 6.45) is 0.873. The summed E-state index contributed by atoms with van der Waals surface area (Å²) in [6, 6.07) is 7.78. The SMILES string of the molecule is CCC#Cc1ccccc1OC. The van der Waals surface area contributed by atoms with Crippen molar-refractivity contribution < 1.29 is 4.74 Å². The fourth-order valence-corrected chi connectivity index (χ4v) is 0.932. The molecule has 0 bridgehead atoms.